The van der Waals surface area contributed by atoms with Crippen LogP contribution in [0.25, 0.3) is 0 Å². The van der Waals surface area contributed by atoms with Crippen molar-refractivity contribution in [2.45, 2.75) is 65.4 Å². The second-order valence-corrected chi connectivity index (χ2v) is 6.35. The number of ether oxygens (including phenoxy) is 1. The monoisotopic (exact) mass is 242 g/mol. The van der Waals surface area contributed by atoms with Crippen LogP contribution in [0.5, 0.6) is 0 Å². The molecule has 0 aromatic rings. The van der Waals surface area contributed by atoms with E-state index in [1.807, 2.05) is 0 Å². The minimum Gasteiger partial charge on any atom is -0.466 e. The molecule has 1 rings (SSSR count). The second kappa shape index (κ2) is 5.38. The Kier molecular flexibility index (Phi) is 4.59. The van der Waals surface area contributed by atoms with Gasteiger partial charge in [0.25, 0.3) is 0 Å². The minimum atomic E-state index is -0.825. The van der Waals surface area contributed by atoms with E-state index in [9.17, 15) is 9.90 Å². The largest absolute Gasteiger partial charge is 0.466 e. The summed E-state index contributed by atoms with van der Waals surface area (Å²) in [5, 5.41) is 10.4. The van der Waals surface area contributed by atoms with Gasteiger partial charge in [-0.3, -0.25) is 4.79 Å². The Labute approximate surface area is 105 Å². The van der Waals surface area contributed by atoms with Gasteiger partial charge in [0.2, 0.25) is 0 Å². The summed E-state index contributed by atoms with van der Waals surface area (Å²) in [7, 11) is 0. The SMILES string of the molecule is CCOC(=O)CC1(O)CCC(C(C)(C)C)CC1. The fourth-order valence-electron chi connectivity index (χ4n) is 2.68. The molecule has 0 heterocycles. The molecule has 0 radical (unpaired) electrons. The third kappa shape index (κ3) is 4.30. The highest BCUT2D eigenvalue weighted by Crippen LogP contribution is 2.42. The van der Waals surface area contributed by atoms with Crippen molar-refractivity contribution in [1.82, 2.24) is 0 Å². The molecule has 0 amide bonds. The molecule has 3 nitrogen and oxygen atoms in total. The lowest BCUT2D eigenvalue weighted by Crippen LogP contribution is -2.39. The number of aliphatic hydroxyl groups is 1. The van der Waals surface area contributed by atoms with Crippen molar-refractivity contribution in [3.8, 4) is 0 Å². The van der Waals surface area contributed by atoms with E-state index in [0.29, 0.717) is 30.8 Å². The molecule has 1 aliphatic carbocycles. The number of hydrogen-bond donors (Lipinski definition) is 1. The first-order valence-corrected chi connectivity index (χ1v) is 6.65. The lowest BCUT2D eigenvalue weighted by molar-refractivity contribution is -0.150. The fourth-order valence-corrected chi connectivity index (χ4v) is 2.68. The Balaban J connectivity index is 2.47. The van der Waals surface area contributed by atoms with Crippen LogP contribution < -0.4 is 0 Å². The van der Waals surface area contributed by atoms with Crippen LogP contribution >= 0.6 is 0 Å². The molecule has 0 aliphatic heterocycles. The highest BCUT2D eigenvalue weighted by atomic mass is 16.5. The van der Waals surface area contributed by atoms with Crippen LogP contribution in [-0.4, -0.2) is 23.3 Å². The van der Waals surface area contributed by atoms with E-state index in [0.717, 1.165) is 12.8 Å². The van der Waals surface area contributed by atoms with E-state index in [2.05, 4.69) is 20.8 Å². The molecule has 100 valence electrons. The first-order chi connectivity index (χ1) is 7.77. The molecule has 0 bridgehead atoms. The first-order valence-electron chi connectivity index (χ1n) is 6.65. The van der Waals surface area contributed by atoms with E-state index >= 15 is 0 Å². The molecular formula is C14H26O3. The zero-order chi connectivity index (χ0) is 13.1. The topological polar surface area (TPSA) is 46.5 Å². The van der Waals surface area contributed by atoms with Gasteiger partial charge in [0.1, 0.15) is 0 Å². The summed E-state index contributed by atoms with van der Waals surface area (Å²) in [5.74, 6) is 0.370. The summed E-state index contributed by atoms with van der Waals surface area (Å²) >= 11 is 0. The number of hydrogen-bond acceptors (Lipinski definition) is 3. The Hall–Kier alpha value is -0.570. The van der Waals surface area contributed by atoms with Gasteiger partial charge in [0, 0.05) is 0 Å². The Morgan fingerprint density at radius 2 is 1.88 bits per heavy atom. The van der Waals surface area contributed by atoms with Crippen molar-refractivity contribution in [3.63, 3.8) is 0 Å². The Morgan fingerprint density at radius 1 is 1.35 bits per heavy atom. The second-order valence-electron chi connectivity index (χ2n) is 6.35. The smallest absolute Gasteiger partial charge is 0.308 e. The molecule has 3 heteroatoms. The van der Waals surface area contributed by atoms with Crippen molar-refractivity contribution in [1.29, 1.82) is 0 Å². The maximum atomic E-state index is 11.4. The maximum Gasteiger partial charge on any atom is 0.308 e. The minimum absolute atomic E-state index is 0.150. The third-order valence-electron chi connectivity index (χ3n) is 3.92. The fraction of sp³-hybridized carbons (Fsp3) is 0.929. The van der Waals surface area contributed by atoms with E-state index in [1.165, 1.54) is 0 Å². The van der Waals surface area contributed by atoms with E-state index in [4.69, 9.17) is 4.74 Å². The molecule has 1 aliphatic rings. The summed E-state index contributed by atoms with van der Waals surface area (Å²) in [6.45, 7) is 8.91. The number of carbonyl (C=O) groups is 1. The third-order valence-corrected chi connectivity index (χ3v) is 3.92. The van der Waals surface area contributed by atoms with Crippen LogP contribution in [0.15, 0.2) is 0 Å². The van der Waals surface area contributed by atoms with Gasteiger partial charge in [-0.15, -0.1) is 0 Å². The van der Waals surface area contributed by atoms with Gasteiger partial charge < -0.3 is 9.84 Å². The summed E-state index contributed by atoms with van der Waals surface area (Å²) in [4.78, 5) is 11.4. The molecule has 1 saturated carbocycles. The zero-order valence-corrected chi connectivity index (χ0v) is 11.6. The normalized spacial score (nSPS) is 30.1. The lowest BCUT2D eigenvalue weighted by Gasteiger charge is -2.40. The standard InChI is InChI=1S/C14H26O3/c1-5-17-12(15)10-14(16)8-6-11(7-9-14)13(2,3)4/h11,16H,5-10H2,1-4H3. The maximum absolute atomic E-state index is 11.4. The molecule has 1 fully saturated rings. The molecule has 17 heavy (non-hydrogen) atoms. The summed E-state index contributed by atoms with van der Waals surface area (Å²) < 4.78 is 4.90. The van der Waals surface area contributed by atoms with E-state index in [-0.39, 0.29) is 12.4 Å². The predicted octanol–water partition coefficient (Wildman–Crippen LogP) is 2.91. The van der Waals surface area contributed by atoms with E-state index < -0.39 is 5.60 Å². The highest BCUT2D eigenvalue weighted by Gasteiger charge is 2.38. The molecule has 0 spiro atoms. The average molecular weight is 242 g/mol. The van der Waals surface area contributed by atoms with Crippen LogP contribution in [0, 0.1) is 11.3 Å². The molecule has 0 saturated heterocycles. The van der Waals surface area contributed by atoms with Gasteiger partial charge in [-0.25, -0.2) is 0 Å². The summed E-state index contributed by atoms with van der Waals surface area (Å²) in [6.07, 6.45) is 3.58. The van der Waals surface area contributed by atoms with Crippen LogP contribution in [-0.2, 0) is 9.53 Å². The van der Waals surface area contributed by atoms with Gasteiger partial charge >= 0.3 is 5.97 Å². The Bertz CT molecular complexity index is 257. The van der Waals surface area contributed by atoms with Gasteiger partial charge in [0.15, 0.2) is 0 Å². The zero-order valence-electron chi connectivity index (χ0n) is 11.6. The molecule has 0 aromatic carbocycles. The quantitative estimate of drug-likeness (QED) is 0.774. The first kappa shape index (κ1) is 14.5. The lowest BCUT2D eigenvalue weighted by atomic mass is 9.68. The van der Waals surface area contributed by atoms with Gasteiger partial charge in [-0.1, -0.05) is 20.8 Å². The Morgan fingerprint density at radius 3 is 2.29 bits per heavy atom. The molecule has 1 N–H and O–H groups in total. The van der Waals surface area contributed by atoms with Crippen LogP contribution in [0.2, 0.25) is 0 Å². The summed E-state index contributed by atoms with van der Waals surface area (Å²) in [6, 6.07) is 0. The molecule has 0 atom stereocenters. The number of rotatable bonds is 3. The van der Waals surface area contributed by atoms with Gasteiger partial charge in [-0.2, -0.15) is 0 Å². The van der Waals surface area contributed by atoms with Crippen molar-refractivity contribution in [2.24, 2.45) is 11.3 Å². The average Bonchev–Trinajstić information content (AvgIpc) is 2.16. The van der Waals surface area contributed by atoms with Crippen molar-refractivity contribution < 1.29 is 14.6 Å². The molecule has 0 unspecified atom stereocenters. The van der Waals surface area contributed by atoms with Crippen molar-refractivity contribution in [3.05, 3.63) is 0 Å². The van der Waals surface area contributed by atoms with Crippen LogP contribution in [0.1, 0.15) is 59.8 Å². The van der Waals surface area contributed by atoms with E-state index in [1.54, 1.807) is 6.92 Å². The van der Waals surface area contributed by atoms with Crippen LogP contribution in [0.4, 0.5) is 0 Å². The summed E-state index contributed by atoms with van der Waals surface area (Å²) in [5.41, 5.74) is -0.529. The molecule has 0 aromatic heterocycles. The number of esters is 1. The van der Waals surface area contributed by atoms with Crippen molar-refractivity contribution in [2.75, 3.05) is 6.61 Å². The molecular weight excluding hydrogens is 216 g/mol. The highest BCUT2D eigenvalue weighted by molar-refractivity contribution is 5.70. The predicted molar refractivity (Wildman–Crippen MR) is 67.6 cm³/mol. The van der Waals surface area contributed by atoms with Gasteiger partial charge in [-0.05, 0) is 43.9 Å². The van der Waals surface area contributed by atoms with Crippen molar-refractivity contribution >= 4 is 5.97 Å². The van der Waals surface area contributed by atoms with Gasteiger partial charge in [0.05, 0.1) is 18.6 Å². The number of carbonyl (C=O) groups excluding carboxylic acids is 1. The van der Waals surface area contributed by atoms with Crippen LogP contribution in [0.3, 0.4) is 0 Å².